The monoisotopic (exact) mass is 233 g/mol. The molecule has 1 aliphatic rings. The van der Waals surface area contributed by atoms with Gasteiger partial charge in [0.1, 0.15) is 0 Å². The van der Waals surface area contributed by atoms with Crippen molar-refractivity contribution in [2.75, 3.05) is 6.54 Å². The van der Waals surface area contributed by atoms with Crippen LogP contribution in [0.25, 0.3) is 0 Å². The fourth-order valence-corrected chi connectivity index (χ4v) is 2.22. The molecule has 0 heterocycles. The van der Waals surface area contributed by atoms with Crippen molar-refractivity contribution >= 4 is 0 Å². The Morgan fingerprint density at radius 1 is 1.29 bits per heavy atom. The van der Waals surface area contributed by atoms with Crippen LogP contribution in [-0.4, -0.2) is 17.7 Å². The molecule has 1 aromatic rings. The maximum Gasteiger partial charge on any atom is 0.0858 e. The zero-order chi connectivity index (χ0) is 12.3. The molecule has 0 aromatic heterocycles. The molecule has 1 fully saturated rings. The number of aliphatic hydroxyl groups is 1. The van der Waals surface area contributed by atoms with Crippen LogP contribution in [0.3, 0.4) is 0 Å². The first kappa shape index (κ1) is 12.6. The lowest BCUT2D eigenvalue weighted by atomic mass is 9.92. The standard InChI is InChI=1S/C15H23NO/c1-3-12(2)16-11-15(9-10-15)14(17)13-7-5-4-6-8-13/h4-8,12,14,16-17H,3,9-11H2,1-2H3. The molecule has 1 aromatic carbocycles. The Morgan fingerprint density at radius 2 is 1.94 bits per heavy atom. The average molecular weight is 233 g/mol. The Hall–Kier alpha value is -0.860. The number of hydrogen-bond donors (Lipinski definition) is 2. The summed E-state index contributed by atoms with van der Waals surface area (Å²) in [7, 11) is 0. The normalized spacial score (nSPS) is 20.9. The quantitative estimate of drug-likeness (QED) is 0.792. The summed E-state index contributed by atoms with van der Waals surface area (Å²) in [4.78, 5) is 0. The van der Waals surface area contributed by atoms with Crippen LogP contribution in [0.1, 0.15) is 44.8 Å². The van der Waals surface area contributed by atoms with Crippen molar-refractivity contribution < 1.29 is 5.11 Å². The van der Waals surface area contributed by atoms with Crippen LogP contribution in [0.5, 0.6) is 0 Å². The predicted octanol–water partition coefficient (Wildman–Crippen LogP) is 2.89. The Labute approximate surface area is 104 Å². The van der Waals surface area contributed by atoms with Gasteiger partial charge in [-0.05, 0) is 31.7 Å². The summed E-state index contributed by atoms with van der Waals surface area (Å²) in [5, 5.41) is 14.0. The van der Waals surface area contributed by atoms with Crippen LogP contribution in [0.2, 0.25) is 0 Å². The average Bonchev–Trinajstić information content (AvgIpc) is 3.17. The third-order valence-corrected chi connectivity index (χ3v) is 4.00. The van der Waals surface area contributed by atoms with Gasteiger partial charge in [-0.25, -0.2) is 0 Å². The highest BCUT2D eigenvalue weighted by Gasteiger charge is 2.49. The number of hydrogen-bond acceptors (Lipinski definition) is 2. The van der Waals surface area contributed by atoms with Gasteiger partial charge in [-0.3, -0.25) is 0 Å². The van der Waals surface area contributed by atoms with Crippen LogP contribution >= 0.6 is 0 Å². The maximum atomic E-state index is 10.5. The Balaban J connectivity index is 1.97. The second-order valence-electron chi connectivity index (χ2n) is 5.37. The first-order valence-electron chi connectivity index (χ1n) is 6.64. The number of rotatable bonds is 6. The third-order valence-electron chi connectivity index (χ3n) is 4.00. The molecule has 2 heteroatoms. The van der Waals surface area contributed by atoms with E-state index < -0.39 is 0 Å². The van der Waals surface area contributed by atoms with Crippen molar-refractivity contribution in [2.24, 2.45) is 5.41 Å². The molecule has 1 aliphatic carbocycles. The van der Waals surface area contributed by atoms with Gasteiger partial charge in [0.2, 0.25) is 0 Å². The van der Waals surface area contributed by atoms with E-state index in [0.29, 0.717) is 6.04 Å². The molecule has 0 bridgehead atoms. The fraction of sp³-hybridized carbons (Fsp3) is 0.600. The van der Waals surface area contributed by atoms with Crippen molar-refractivity contribution in [3.8, 4) is 0 Å². The van der Waals surface area contributed by atoms with Gasteiger partial charge in [0, 0.05) is 18.0 Å². The van der Waals surface area contributed by atoms with Gasteiger partial charge in [0.05, 0.1) is 6.10 Å². The molecule has 2 unspecified atom stereocenters. The lowest BCUT2D eigenvalue weighted by Gasteiger charge is -2.25. The number of aliphatic hydroxyl groups excluding tert-OH is 1. The Morgan fingerprint density at radius 3 is 2.47 bits per heavy atom. The first-order valence-corrected chi connectivity index (χ1v) is 6.64. The van der Waals surface area contributed by atoms with Crippen LogP contribution < -0.4 is 5.32 Å². The van der Waals surface area contributed by atoms with Crippen molar-refractivity contribution in [1.29, 1.82) is 0 Å². The van der Waals surface area contributed by atoms with Gasteiger partial charge in [-0.2, -0.15) is 0 Å². The fourth-order valence-electron chi connectivity index (χ4n) is 2.22. The van der Waals surface area contributed by atoms with E-state index in [-0.39, 0.29) is 11.5 Å². The summed E-state index contributed by atoms with van der Waals surface area (Å²) in [6, 6.07) is 10.6. The summed E-state index contributed by atoms with van der Waals surface area (Å²) in [6.45, 7) is 5.31. The summed E-state index contributed by atoms with van der Waals surface area (Å²) in [5.41, 5.74) is 1.14. The van der Waals surface area contributed by atoms with Gasteiger partial charge in [0.25, 0.3) is 0 Å². The van der Waals surface area contributed by atoms with Crippen LogP contribution in [0.4, 0.5) is 0 Å². The van der Waals surface area contributed by atoms with Gasteiger partial charge < -0.3 is 10.4 Å². The van der Waals surface area contributed by atoms with Gasteiger partial charge in [-0.1, -0.05) is 37.3 Å². The number of benzene rings is 1. The third kappa shape index (κ3) is 2.88. The molecule has 2 rings (SSSR count). The van der Waals surface area contributed by atoms with Crippen LogP contribution in [0.15, 0.2) is 30.3 Å². The SMILES string of the molecule is CCC(C)NCC1(C(O)c2ccccc2)CC1. The van der Waals surface area contributed by atoms with Crippen LogP contribution in [-0.2, 0) is 0 Å². The van der Waals surface area contributed by atoms with Crippen molar-refractivity contribution in [2.45, 2.75) is 45.3 Å². The zero-order valence-electron chi connectivity index (χ0n) is 10.8. The minimum Gasteiger partial charge on any atom is -0.388 e. The molecule has 94 valence electrons. The lowest BCUT2D eigenvalue weighted by Crippen LogP contribution is -2.34. The molecule has 0 aliphatic heterocycles. The minimum absolute atomic E-state index is 0.0881. The topological polar surface area (TPSA) is 32.3 Å². The summed E-state index contributed by atoms with van der Waals surface area (Å²) < 4.78 is 0. The van der Waals surface area contributed by atoms with Gasteiger partial charge >= 0.3 is 0 Å². The van der Waals surface area contributed by atoms with Gasteiger partial charge in [0.15, 0.2) is 0 Å². The van der Waals surface area contributed by atoms with E-state index in [2.05, 4.69) is 19.2 Å². The predicted molar refractivity (Wildman–Crippen MR) is 70.8 cm³/mol. The van der Waals surface area contributed by atoms with E-state index in [1.807, 2.05) is 30.3 Å². The minimum atomic E-state index is -0.319. The summed E-state index contributed by atoms with van der Waals surface area (Å²) in [5.74, 6) is 0. The molecule has 0 amide bonds. The zero-order valence-corrected chi connectivity index (χ0v) is 10.8. The smallest absolute Gasteiger partial charge is 0.0858 e. The van der Waals surface area contributed by atoms with Gasteiger partial charge in [-0.15, -0.1) is 0 Å². The van der Waals surface area contributed by atoms with E-state index in [9.17, 15) is 5.11 Å². The Bertz CT molecular complexity index is 345. The van der Waals surface area contributed by atoms with Crippen LogP contribution in [0, 0.1) is 5.41 Å². The largest absolute Gasteiger partial charge is 0.388 e. The molecule has 0 radical (unpaired) electrons. The molecule has 1 saturated carbocycles. The second-order valence-corrected chi connectivity index (χ2v) is 5.37. The highest BCUT2D eigenvalue weighted by molar-refractivity contribution is 5.22. The highest BCUT2D eigenvalue weighted by Crippen LogP contribution is 2.54. The van der Waals surface area contributed by atoms with E-state index in [1.165, 1.54) is 0 Å². The molecular weight excluding hydrogens is 210 g/mol. The molecule has 2 atom stereocenters. The van der Waals surface area contributed by atoms with E-state index in [4.69, 9.17) is 0 Å². The van der Waals surface area contributed by atoms with E-state index >= 15 is 0 Å². The molecular formula is C15H23NO. The highest BCUT2D eigenvalue weighted by atomic mass is 16.3. The van der Waals surface area contributed by atoms with Crippen molar-refractivity contribution in [3.05, 3.63) is 35.9 Å². The lowest BCUT2D eigenvalue weighted by molar-refractivity contribution is 0.0902. The molecule has 2 nitrogen and oxygen atoms in total. The molecule has 2 N–H and O–H groups in total. The van der Waals surface area contributed by atoms with E-state index in [0.717, 1.165) is 31.4 Å². The Kier molecular flexibility index (Phi) is 3.85. The van der Waals surface area contributed by atoms with Crippen molar-refractivity contribution in [1.82, 2.24) is 5.32 Å². The summed E-state index contributed by atoms with van der Waals surface area (Å²) in [6.07, 6.45) is 3.08. The molecule has 0 spiro atoms. The van der Waals surface area contributed by atoms with E-state index in [1.54, 1.807) is 0 Å². The first-order chi connectivity index (χ1) is 8.18. The molecule has 17 heavy (non-hydrogen) atoms. The summed E-state index contributed by atoms with van der Waals surface area (Å²) >= 11 is 0. The maximum absolute atomic E-state index is 10.5. The number of nitrogens with one attached hydrogen (secondary N) is 1. The van der Waals surface area contributed by atoms with Crippen molar-refractivity contribution in [3.63, 3.8) is 0 Å². The molecule has 0 saturated heterocycles. The second kappa shape index (κ2) is 5.19.